The average Bonchev–Trinajstić information content (AvgIpc) is 2.13. The summed E-state index contributed by atoms with van der Waals surface area (Å²) in [4.78, 5) is 11.4. The highest BCUT2D eigenvalue weighted by atomic mass is 16.1. The number of hydrogen-bond acceptors (Lipinski definition) is 2. The number of amides is 1. The molecule has 0 unspecified atom stereocenters. The summed E-state index contributed by atoms with van der Waals surface area (Å²) < 4.78 is 0. The molecule has 0 bridgehead atoms. The van der Waals surface area contributed by atoms with E-state index in [4.69, 9.17) is 5.73 Å². The van der Waals surface area contributed by atoms with Crippen molar-refractivity contribution in [1.82, 2.24) is 5.32 Å². The van der Waals surface area contributed by atoms with Gasteiger partial charge in [-0.1, -0.05) is 33.6 Å². The molecule has 0 aromatic carbocycles. The van der Waals surface area contributed by atoms with Gasteiger partial charge in [-0.3, -0.25) is 4.79 Å². The fourth-order valence-corrected chi connectivity index (χ4v) is 2.83. The lowest BCUT2D eigenvalue weighted by molar-refractivity contribution is -0.126. The normalized spacial score (nSPS) is 30.8. The molecule has 3 nitrogen and oxygen atoms in total. The van der Waals surface area contributed by atoms with Crippen molar-refractivity contribution in [1.29, 1.82) is 0 Å². The third kappa shape index (κ3) is 1.74. The smallest absolute Gasteiger partial charge is 0.296 e. The van der Waals surface area contributed by atoms with Crippen LogP contribution < -0.4 is 11.1 Å². The number of hydrogen-bond donors (Lipinski definition) is 2. The lowest BCUT2D eigenvalue weighted by Gasteiger charge is -2.62. The van der Waals surface area contributed by atoms with Crippen molar-refractivity contribution in [3.05, 3.63) is 0 Å². The highest BCUT2D eigenvalue weighted by Crippen LogP contribution is 2.52. The zero-order valence-electron chi connectivity index (χ0n) is 10.1. The van der Waals surface area contributed by atoms with Crippen LogP contribution in [0.15, 0.2) is 0 Å². The molecular formula is C12H20N2O. The molecule has 1 saturated carbocycles. The Labute approximate surface area is 91.8 Å². The fourth-order valence-electron chi connectivity index (χ4n) is 2.83. The van der Waals surface area contributed by atoms with Gasteiger partial charge in [0.05, 0.1) is 0 Å². The van der Waals surface area contributed by atoms with Gasteiger partial charge in [0.15, 0.2) is 0 Å². The average molecular weight is 208 g/mol. The van der Waals surface area contributed by atoms with E-state index in [-0.39, 0.29) is 28.8 Å². The molecule has 0 saturated heterocycles. The maximum atomic E-state index is 11.4. The molecule has 3 heteroatoms. The van der Waals surface area contributed by atoms with E-state index >= 15 is 0 Å². The summed E-state index contributed by atoms with van der Waals surface area (Å²) in [6.07, 6.45) is 0. The summed E-state index contributed by atoms with van der Waals surface area (Å²) in [5.41, 5.74) is 5.96. The summed E-state index contributed by atoms with van der Waals surface area (Å²) in [6.45, 7) is 9.96. The van der Waals surface area contributed by atoms with Crippen LogP contribution in [0.3, 0.4) is 0 Å². The Hall–Kier alpha value is -1.01. The molecule has 1 aliphatic carbocycles. The van der Waals surface area contributed by atoms with E-state index in [1.54, 1.807) is 6.92 Å². The molecular weight excluding hydrogens is 188 g/mol. The molecule has 1 aliphatic rings. The zero-order valence-corrected chi connectivity index (χ0v) is 10.1. The second-order valence-electron chi connectivity index (χ2n) is 5.40. The number of nitrogens with two attached hydrogens (primary N) is 1. The van der Waals surface area contributed by atoms with Crippen LogP contribution in [0, 0.1) is 22.7 Å². The van der Waals surface area contributed by atoms with Crippen molar-refractivity contribution < 1.29 is 4.79 Å². The number of rotatable bonds is 1. The quantitative estimate of drug-likeness (QED) is 0.629. The summed E-state index contributed by atoms with van der Waals surface area (Å²) in [6, 6.07) is 0.193. The van der Waals surface area contributed by atoms with Gasteiger partial charge in [-0.15, -0.1) is 0 Å². The molecule has 1 rings (SSSR count). The largest absolute Gasteiger partial charge is 0.341 e. The molecule has 0 aliphatic heterocycles. The molecule has 0 aromatic heterocycles. The van der Waals surface area contributed by atoms with E-state index in [0.717, 1.165) is 0 Å². The number of carbonyl (C=O) groups excluding carboxylic acids is 1. The first-order valence-corrected chi connectivity index (χ1v) is 5.23. The molecule has 1 fully saturated rings. The van der Waals surface area contributed by atoms with Gasteiger partial charge in [0.2, 0.25) is 0 Å². The van der Waals surface area contributed by atoms with Crippen LogP contribution in [0.1, 0.15) is 34.6 Å². The van der Waals surface area contributed by atoms with Crippen molar-refractivity contribution >= 4 is 5.91 Å². The Morgan fingerprint density at radius 3 is 2.13 bits per heavy atom. The summed E-state index contributed by atoms with van der Waals surface area (Å²) >= 11 is 0. The van der Waals surface area contributed by atoms with Crippen LogP contribution in [0.2, 0.25) is 0 Å². The molecule has 0 atom stereocenters. The van der Waals surface area contributed by atoms with E-state index in [2.05, 4.69) is 44.9 Å². The molecule has 3 N–H and O–H groups in total. The van der Waals surface area contributed by atoms with Crippen molar-refractivity contribution in [2.45, 2.75) is 46.7 Å². The first-order valence-electron chi connectivity index (χ1n) is 5.23. The minimum atomic E-state index is -0.212. The Bertz CT molecular complexity index is 317. The minimum Gasteiger partial charge on any atom is -0.341 e. The van der Waals surface area contributed by atoms with E-state index in [1.165, 1.54) is 0 Å². The van der Waals surface area contributed by atoms with Crippen molar-refractivity contribution in [2.75, 3.05) is 0 Å². The second-order valence-corrected chi connectivity index (χ2v) is 5.40. The predicted octanol–water partition coefficient (Wildman–Crippen LogP) is 0.888. The predicted molar refractivity (Wildman–Crippen MR) is 60.9 cm³/mol. The Kier molecular flexibility index (Phi) is 2.84. The maximum absolute atomic E-state index is 11.4. The first-order chi connectivity index (χ1) is 6.74. The second kappa shape index (κ2) is 3.53. The van der Waals surface area contributed by atoms with Gasteiger partial charge in [0, 0.05) is 22.9 Å². The maximum Gasteiger partial charge on any atom is 0.296 e. The molecule has 1 amide bonds. The van der Waals surface area contributed by atoms with Gasteiger partial charge >= 0.3 is 0 Å². The first kappa shape index (κ1) is 12.1. The van der Waals surface area contributed by atoms with Gasteiger partial charge in [0.1, 0.15) is 0 Å². The van der Waals surface area contributed by atoms with Crippen molar-refractivity contribution in [3.63, 3.8) is 0 Å². The van der Waals surface area contributed by atoms with Gasteiger partial charge < -0.3 is 11.1 Å². The summed E-state index contributed by atoms with van der Waals surface area (Å²) in [5.74, 6) is 4.88. The van der Waals surface area contributed by atoms with Crippen LogP contribution in [0.4, 0.5) is 0 Å². The van der Waals surface area contributed by atoms with Crippen LogP contribution >= 0.6 is 0 Å². The third-order valence-corrected chi connectivity index (χ3v) is 3.61. The fraction of sp³-hybridized carbons (Fsp3) is 0.750. The highest BCUT2D eigenvalue weighted by molar-refractivity contribution is 5.93. The molecule has 0 aromatic rings. The van der Waals surface area contributed by atoms with Crippen molar-refractivity contribution in [3.8, 4) is 11.8 Å². The van der Waals surface area contributed by atoms with Gasteiger partial charge in [-0.05, 0) is 12.8 Å². The molecule has 15 heavy (non-hydrogen) atoms. The van der Waals surface area contributed by atoms with E-state index in [9.17, 15) is 4.79 Å². The van der Waals surface area contributed by atoms with E-state index in [0.29, 0.717) is 0 Å². The van der Waals surface area contributed by atoms with Crippen LogP contribution in [-0.4, -0.2) is 18.0 Å². The topological polar surface area (TPSA) is 55.1 Å². The van der Waals surface area contributed by atoms with Gasteiger partial charge in [-0.2, -0.15) is 0 Å². The molecule has 0 radical (unpaired) electrons. The van der Waals surface area contributed by atoms with E-state index in [1.807, 2.05) is 0 Å². The molecule has 84 valence electrons. The Balaban J connectivity index is 2.77. The molecule has 0 spiro atoms. The van der Waals surface area contributed by atoms with E-state index < -0.39 is 0 Å². The number of carbonyl (C=O) groups is 1. The summed E-state index contributed by atoms with van der Waals surface area (Å²) in [5, 5.41) is 2.94. The van der Waals surface area contributed by atoms with Crippen LogP contribution in [-0.2, 0) is 4.79 Å². The van der Waals surface area contributed by atoms with Gasteiger partial charge in [0.25, 0.3) is 5.91 Å². The highest BCUT2D eigenvalue weighted by Gasteiger charge is 2.60. The Morgan fingerprint density at radius 2 is 1.73 bits per heavy atom. The standard InChI is InChI=1S/C12H20N2O/c1-6-7-8(15)14-10-11(2,3)9(13)12(10,4)5/h9-10H,13H2,1-5H3,(H,14,15). The van der Waals surface area contributed by atoms with Crippen LogP contribution in [0.5, 0.6) is 0 Å². The lowest BCUT2D eigenvalue weighted by atomic mass is 9.48. The van der Waals surface area contributed by atoms with Gasteiger partial charge in [-0.25, -0.2) is 0 Å². The third-order valence-electron chi connectivity index (χ3n) is 3.61. The van der Waals surface area contributed by atoms with Crippen LogP contribution in [0.25, 0.3) is 0 Å². The lowest BCUT2D eigenvalue weighted by Crippen LogP contribution is -2.76. The monoisotopic (exact) mass is 208 g/mol. The Morgan fingerprint density at radius 1 is 1.27 bits per heavy atom. The SMILES string of the molecule is CC#CC(=O)NC1C(C)(C)C(N)C1(C)C. The summed E-state index contributed by atoms with van der Waals surface area (Å²) in [7, 11) is 0. The molecule has 0 heterocycles. The zero-order chi connectivity index (χ0) is 11.9. The number of nitrogens with one attached hydrogen (secondary N) is 1. The van der Waals surface area contributed by atoms with Crippen molar-refractivity contribution in [2.24, 2.45) is 16.6 Å². The minimum absolute atomic E-state index is 0.0609.